The van der Waals surface area contributed by atoms with Crippen LogP contribution in [0.1, 0.15) is 32.3 Å². The molecule has 0 saturated heterocycles. The van der Waals surface area contributed by atoms with E-state index in [1.807, 2.05) is 0 Å². The Kier molecular flexibility index (Phi) is 7.70. The third-order valence-corrected chi connectivity index (χ3v) is 3.14. The van der Waals surface area contributed by atoms with Gasteiger partial charge in [0.25, 0.3) is 0 Å². The number of nitrogens with zero attached hydrogens (tertiary/aromatic N) is 1. The lowest BCUT2D eigenvalue weighted by Gasteiger charge is -2.17. The van der Waals surface area contributed by atoms with Crippen LogP contribution in [-0.2, 0) is 6.42 Å². The largest absolute Gasteiger partial charge is 0.313 e. The molecule has 0 atom stereocenters. The summed E-state index contributed by atoms with van der Waals surface area (Å²) >= 11 is 0. The van der Waals surface area contributed by atoms with Crippen molar-refractivity contribution in [3.05, 3.63) is 35.9 Å². The van der Waals surface area contributed by atoms with Crippen molar-refractivity contribution in [1.29, 1.82) is 0 Å². The van der Waals surface area contributed by atoms with E-state index in [1.165, 1.54) is 31.4 Å². The van der Waals surface area contributed by atoms with E-state index in [0.29, 0.717) is 6.04 Å². The summed E-state index contributed by atoms with van der Waals surface area (Å²) < 4.78 is 0. The molecule has 0 spiro atoms. The van der Waals surface area contributed by atoms with Crippen LogP contribution in [0.3, 0.4) is 0 Å². The van der Waals surface area contributed by atoms with Crippen LogP contribution in [-0.4, -0.2) is 37.6 Å². The predicted molar refractivity (Wildman–Crippen MR) is 80.0 cm³/mol. The Morgan fingerprint density at radius 3 is 2.44 bits per heavy atom. The van der Waals surface area contributed by atoms with Crippen LogP contribution in [0.15, 0.2) is 30.3 Å². The minimum atomic E-state index is 0.594. The van der Waals surface area contributed by atoms with Crippen molar-refractivity contribution in [2.75, 3.05) is 26.7 Å². The molecule has 0 aliphatic rings. The highest BCUT2D eigenvalue weighted by Gasteiger charge is 1.99. The van der Waals surface area contributed by atoms with Crippen LogP contribution in [0.25, 0.3) is 0 Å². The number of hydrogen-bond donors (Lipinski definition) is 1. The normalized spacial score (nSPS) is 11.4. The zero-order valence-electron chi connectivity index (χ0n) is 12.2. The maximum absolute atomic E-state index is 3.45. The molecular formula is C16H28N2. The zero-order valence-corrected chi connectivity index (χ0v) is 12.2. The highest BCUT2D eigenvalue weighted by Crippen LogP contribution is 2.04. The summed E-state index contributed by atoms with van der Waals surface area (Å²) in [5.74, 6) is 0. The first-order valence-corrected chi connectivity index (χ1v) is 7.14. The van der Waals surface area contributed by atoms with Gasteiger partial charge in [-0.3, -0.25) is 0 Å². The molecule has 2 heteroatoms. The smallest absolute Gasteiger partial charge is 0.0104 e. The summed E-state index contributed by atoms with van der Waals surface area (Å²) in [5.41, 5.74) is 1.46. The quantitative estimate of drug-likeness (QED) is 0.676. The fraction of sp³-hybridized carbons (Fsp3) is 0.625. The number of likely N-dealkylation sites (N-methyl/N-ethyl adjacent to an activating group) is 1. The Balaban J connectivity index is 2.00. The third-order valence-electron chi connectivity index (χ3n) is 3.14. The standard InChI is InChI=1S/C16H28N2/c1-15(2)17-12-14-18(3)13-8-7-11-16-9-5-4-6-10-16/h4-6,9-10,15,17H,7-8,11-14H2,1-3H3. The second kappa shape index (κ2) is 9.12. The van der Waals surface area contributed by atoms with Crippen molar-refractivity contribution in [2.24, 2.45) is 0 Å². The summed E-state index contributed by atoms with van der Waals surface area (Å²) in [4.78, 5) is 2.42. The first-order valence-electron chi connectivity index (χ1n) is 7.14. The molecule has 2 nitrogen and oxygen atoms in total. The molecule has 18 heavy (non-hydrogen) atoms. The SMILES string of the molecule is CC(C)NCCN(C)CCCCc1ccccc1. The van der Waals surface area contributed by atoms with Crippen molar-refractivity contribution in [2.45, 2.75) is 39.2 Å². The molecule has 1 aromatic carbocycles. The Morgan fingerprint density at radius 1 is 1.06 bits per heavy atom. The fourth-order valence-corrected chi connectivity index (χ4v) is 2.01. The molecule has 1 aromatic rings. The summed E-state index contributed by atoms with van der Waals surface area (Å²) in [6.45, 7) is 7.82. The molecule has 0 heterocycles. The van der Waals surface area contributed by atoms with E-state index in [1.54, 1.807) is 0 Å². The Hall–Kier alpha value is -0.860. The molecule has 0 saturated carbocycles. The molecule has 0 amide bonds. The van der Waals surface area contributed by atoms with Crippen LogP contribution in [0.2, 0.25) is 0 Å². The van der Waals surface area contributed by atoms with Gasteiger partial charge in [-0.05, 0) is 38.4 Å². The lowest BCUT2D eigenvalue weighted by molar-refractivity contribution is 0.319. The lowest BCUT2D eigenvalue weighted by atomic mass is 10.1. The van der Waals surface area contributed by atoms with Crippen LogP contribution in [0, 0.1) is 0 Å². The van der Waals surface area contributed by atoms with E-state index in [0.717, 1.165) is 13.1 Å². The summed E-state index contributed by atoms with van der Waals surface area (Å²) in [6, 6.07) is 11.4. The monoisotopic (exact) mass is 248 g/mol. The number of hydrogen-bond acceptors (Lipinski definition) is 2. The molecule has 1 rings (SSSR count). The van der Waals surface area contributed by atoms with Gasteiger partial charge in [-0.15, -0.1) is 0 Å². The van der Waals surface area contributed by atoms with Crippen LogP contribution in [0.4, 0.5) is 0 Å². The third kappa shape index (κ3) is 7.46. The van der Waals surface area contributed by atoms with Crippen molar-refractivity contribution in [3.8, 4) is 0 Å². The van der Waals surface area contributed by atoms with E-state index >= 15 is 0 Å². The summed E-state index contributed by atoms with van der Waals surface area (Å²) in [7, 11) is 2.21. The Bertz CT molecular complexity index is 295. The second-order valence-corrected chi connectivity index (χ2v) is 5.35. The zero-order chi connectivity index (χ0) is 13.2. The summed E-state index contributed by atoms with van der Waals surface area (Å²) in [6.07, 6.45) is 3.78. The van der Waals surface area contributed by atoms with Gasteiger partial charge in [0.15, 0.2) is 0 Å². The average Bonchev–Trinajstić information content (AvgIpc) is 2.35. The predicted octanol–water partition coefficient (Wildman–Crippen LogP) is 2.94. The van der Waals surface area contributed by atoms with Crippen LogP contribution < -0.4 is 5.32 Å². The van der Waals surface area contributed by atoms with Crippen molar-refractivity contribution in [3.63, 3.8) is 0 Å². The Labute approximate surface area is 112 Å². The van der Waals surface area contributed by atoms with Crippen molar-refractivity contribution in [1.82, 2.24) is 10.2 Å². The number of nitrogens with one attached hydrogen (secondary N) is 1. The van der Waals surface area contributed by atoms with E-state index in [4.69, 9.17) is 0 Å². The summed E-state index contributed by atoms with van der Waals surface area (Å²) in [5, 5.41) is 3.45. The van der Waals surface area contributed by atoms with E-state index in [9.17, 15) is 0 Å². The van der Waals surface area contributed by atoms with E-state index in [-0.39, 0.29) is 0 Å². The molecule has 0 aliphatic heterocycles. The molecular weight excluding hydrogens is 220 g/mol. The maximum atomic E-state index is 3.45. The molecule has 0 aliphatic carbocycles. The molecule has 0 radical (unpaired) electrons. The van der Waals surface area contributed by atoms with Gasteiger partial charge < -0.3 is 10.2 Å². The topological polar surface area (TPSA) is 15.3 Å². The molecule has 1 N–H and O–H groups in total. The van der Waals surface area contributed by atoms with Gasteiger partial charge in [0, 0.05) is 19.1 Å². The minimum absolute atomic E-state index is 0.594. The van der Waals surface area contributed by atoms with Crippen LogP contribution >= 0.6 is 0 Å². The van der Waals surface area contributed by atoms with Crippen LogP contribution in [0.5, 0.6) is 0 Å². The lowest BCUT2D eigenvalue weighted by Crippen LogP contribution is -2.33. The molecule has 0 fully saturated rings. The molecule has 0 aromatic heterocycles. The number of unbranched alkanes of at least 4 members (excludes halogenated alkanes) is 1. The number of rotatable bonds is 9. The average molecular weight is 248 g/mol. The van der Waals surface area contributed by atoms with Gasteiger partial charge in [0.2, 0.25) is 0 Å². The number of benzene rings is 1. The fourth-order valence-electron chi connectivity index (χ4n) is 2.01. The maximum Gasteiger partial charge on any atom is 0.0104 e. The van der Waals surface area contributed by atoms with Crippen molar-refractivity contribution < 1.29 is 0 Å². The van der Waals surface area contributed by atoms with E-state index < -0.39 is 0 Å². The minimum Gasteiger partial charge on any atom is -0.313 e. The van der Waals surface area contributed by atoms with E-state index in [2.05, 4.69) is 61.4 Å². The van der Waals surface area contributed by atoms with Gasteiger partial charge in [0.1, 0.15) is 0 Å². The van der Waals surface area contributed by atoms with Crippen molar-refractivity contribution >= 4 is 0 Å². The molecule has 0 unspecified atom stereocenters. The van der Waals surface area contributed by atoms with Gasteiger partial charge in [-0.25, -0.2) is 0 Å². The highest BCUT2D eigenvalue weighted by atomic mass is 15.1. The molecule has 0 bridgehead atoms. The molecule has 102 valence electrons. The van der Waals surface area contributed by atoms with Gasteiger partial charge >= 0.3 is 0 Å². The van der Waals surface area contributed by atoms with Gasteiger partial charge in [-0.1, -0.05) is 44.2 Å². The first-order chi connectivity index (χ1) is 8.68. The van der Waals surface area contributed by atoms with Gasteiger partial charge in [-0.2, -0.15) is 0 Å². The number of aryl methyl sites for hydroxylation is 1. The second-order valence-electron chi connectivity index (χ2n) is 5.35. The highest BCUT2D eigenvalue weighted by molar-refractivity contribution is 5.14. The Morgan fingerprint density at radius 2 is 1.78 bits per heavy atom. The first kappa shape index (κ1) is 15.2. The van der Waals surface area contributed by atoms with Gasteiger partial charge in [0.05, 0.1) is 0 Å².